The number of nitrogens with zero attached hydrogens (tertiary/aromatic N) is 4. The van der Waals surface area contributed by atoms with E-state index in [0.29, 0.717) is 23.1 Å². The van der Waals surface area contributed by atoms with Crippen LogP contribution in [0.5, 0.6) is 0 Å². The normalized spacial score (nSPS) is 19.6. The molecule has 0 spiro atoms. The zero-order chi connectivity index (χ0) is 16.5. The third-order valence-corrected chi connectivity index (χ3v) is 5.23. The van der Waals surface area contributed by atoms with E-state index in [9.17, 15) is 0 Å². The van der Waals surface area contributed by atoms with Gasteiger partial charge in [0.05, 0.1) is 0 Å². The van der Waals surface area contributed by atoms with Crippen LogP contribution < -0.4 is 5.32 Å². The SMILES string of the molecule is CCCSc1nc(NC2CC2c2cccc(C)c2)c2n[nH]nc2n1. The Bertz CT molecular complexity index is 861. The molecule has 2 heterocycles. The van der Waals surface area contributed by atoms with Gasteiger partial charge < -0.3 is 5.32 Å². The standard InChI is InChI=1S/C17H20N6S/c1-3-7-24-17-19-15(14-16(20-17)22-23-21-14)18-13-9-12(13)11-6-4-5-10(2)8-11/h4-6,8,12-13H,3,7,9H2,1-2H3,(H2,18,19,20,21,22,23). The minimum Gasteiger partial charge on any atom is -0.365 e. The summed E-state index contributed by atoms with van der Waals surface area (Å²) in [6.07, 6.45) is 2.20. The van der Waals surface area contributed by atoms with Crippen LogP contribution in [0.2, 0.25) is 0 Å². The number of aryl methyl sites for hydroxylation is 1. The summed E-state index contributed by atoms with van der Waals surface area (Å²) in [5, 5.41) is 15.3. The van der Waals surface area contributed by atoms with Gasteiger partial charge in [-0.05, 0) is 25.3 Å². The molecule has 124 valence electrons. The Morgan fingerprint density at radius 3 is 3.04 bits per heavy atom. The molecule has 2 N–H and O–H groups in total. The summed E-state index contributed by atoms with van der Waals surface area (Å²) in [6, 6.07) is 9.12. The van der Waals surface area contributed by atoms with E-state index in [1.165, 1.54) is 11.1 Å². The largest absolute Gasteiger partial charge is 0.365 e. The second kappa shape index (κ2) is 6.39. The van der Waals surface area contributed by atoms with Crippen LogP contribution in [0.15, 0.2) is 29.4 Å². The minimum absolute atomic E-state index is 0.394. The average Bonchev–Trinajstić information content (AvgIpc) is 3.18. The molecular formula is C17H20N6S. The molecule has 1 aliphatic rings. The van der Waals surface area contributed by atoms with Crippen LogP contribution in [-0.2, 0) is 0 Å². The number of aromatic amines is 1. The Balaban J connectivity index is 1.55. The Morgan fingerprint density at radius 2 is 2.21 bits per heavy atom. The van der Waals surface area contributed by atoms with Crippen molar-refractivity contribution in [1.82, 2.24) is 25.4 Å². The van der Waals surface area contributed by atoms with Crippen LogP contribution in [0, 0.1) is 6.92 Å². The first-order chi connectivity index (χ1) is 11.7. The number of rotatable bonds is 6. The highest BCUT2D eigenvalue weighted by molar-refractivity contribution is 7.99. The third kappa shape index (κ3) is 3.08. The molecule has 6 nitrogen and oxygen atoms in total. The first-order valence-electron chi connectivity index (χ1n) is 8.29. The summed E-state index contributed by atoms with van der Waals surface area (Å²) < 4.78 is 0. The Hall–Kier alpha value is -2.15. The van der Waals surface area contributed by atoms with Crippen molar-refractivity contribution in [2.75, 3.05) is 11.1 Å². The maximum absolute atomic E-state index is 4.65. The number of thioether (sulfide) groups is 1. The van der Waals surface area contributed by atoms with E-state index in [-0.39, 0.29) is 0 Å². The van der Waals surface area contributed by atoms with E-state index < -0.39 is 0 Å². The van der Waals surface area contributed by atoms with Gasteiger partial charge in [0.25, 0.3) is 0 Å². The zero-order valence-corrected chi connectivity index (χ0v) is 14.6. The van der Waals surface area contributed by atoms with Crippen molar-refractivity contribution in [2.45, 2.75) is 43.8 Å². The first kappa shape index (κ1) is 15.4. The molecule has 7 heteroatoms. The molecule has 3 aromatic rings. The lowest BCUT2D eigenvalue weighted by molar-refractivity contribution is 0.943. The number of benzene rings is 1. The van der Waals surface area contributed by atoms with Crippen LogP contribution in [0.4, 0.5) is 5.82 Å². The van der Waals surface area contributed by atoms with Gasteiger partial charge in [-0.1, -0.05) is 48.5 Å². The molecule has 1 aromatic carbocycles. The lowest BCUT2D eigenvalue weighted by Gasteiger charge is -2.07. The van der Waals surface area contributed by atoms with Crippen LogP contribution in [0.3, 0.4) is 0 Å². The van der Waals surface area contributed by atoms with Gasteiger partial charge in [0.2, 0.25) is 5.65 Å². The lowest BCUT2D eigenvalue weighted by atomic mass is 10.1. The quantitative estimate of drug-likeness (QED) is 0.528. The molecule has 1 fully saturated rings. The van der Waals surface area contributed by atoms with Gasteiger partial charge in [0.15, 0.2) is 16.5 Å². The maximum Gasteiger partial charge on any atom is 0.207 e. The molecule has 0 radical (unpaired) electrons. The molecule has 2 atom stereocenters. The van der Waals surface area contributed by atoms with Gasteiger partial charge in [-0.25, -0.2) is 4.98 Å². The second-order valence-electron chi connectivity index (χ2n) is 6.21. The van der Waals surface area contributed by atoms with Gasteiger partial charge in [0.1, 0.15) is 0 Å². The van der Waals surface area contributed by atoms with E-state index in [1.807, 2.05) is 0 Å². The summed E-state index contributed by atoms with van der Waals surface area (Å²) >= 11 is 1.66. The van der Waals surface area contributed by atoms with Gasteiger partial charge in [-0.15, -0.1) is 5.10 Å². The highest BCUT2D eigenvalue weighted by atomic mass is 32.2. The van der Waals surface area contributed by atoms with Crippen molar-refractivity contribution in [3.63, 3.8) is 0 Å². The summed E-state index contributed by atoms with van der Waals surface area (Å²) in [4.78, 5) is 9.11. The smallest absolute Gasteiger partial charge is 0.207 e. The monoisotopic (exact) mass is 340 g/mol. The lowest BCUT2D eigenvalue weighted by Crippen LogP contribution is -2.08. The van der Waals surface area contributed by atoms with E-state index >= 15 is 0 Å². The van der Waals surface area contributed by atoms with Crippen LogP contribution >= 0.6 is 11.8 Å². The Morgan fingerprint density at radius 1 is 1.29 bits per heavy atom. The summed E-state index contributed by atoms with van der Waals surface area (Å²) in [5.41, 5.74) is 4.03. The molecule has 0 saturated heterocycles. The van der Waals surface area contributed by atoms with Crippen molar-refractivity contribution >= 4 is 28.7 Å². The molecule has 0 amide bonds. The highest BCUT2D eigenvalue weighted by Crippen LogP contribution is 2.43. The highest BCUT2D eigenvalue weighted by Gasteiger charge is 2.39. The fourth-order valence-electron chi connectivity index (χ4n) is 2.88. The minimum atomic E-state index is 0.394. The third-order valence-electron chi connectivity index (χ3n) is 4.18. The Kier molecular flexibility index (Phi) is 4.10. The molecule has 2 aromatic heterocycles. The topological polar surface area (TPSA) is 79.4 Å². The summed E-state index contributed by atoms with van der Waals surface area (Å²) in [7, 11) is 0. The fourth-order valence-corrected chi connectivity index (χ4v) is 3.58. The summed E-state index contributed by atoms with van der Waals surface area (Å²) in [5.74, 6) is 2.32. The van der Waals surface area contributed by atoms with E-state index in [0.717, 1.165) is 29.6 Å². The molecule has 1 saturated carbocycles. The fraction of sp³-hybridized carbons (Fsp3) is 0.412. The molecular weight excluding hydrogens is 320 g/mol. The van der Waals surface area contributed by atoms with Crippen LogP contribution in [0.1, 0.15) is 36.8 Å². The van der Waals surface area contributed by atoms with E-state index in [4.69, 9.17) is 0 Å². The number of nitrogens with one attached hydrogen (secondary N) is 2. The average molecular weight is 340 g/mol. The van der Waals surface area contributed by atoms with Crippen molar-refractivity contribution in [3.05, 3.63) is 35.4 Å². The van der Waals surface area contributed by atoms with Crippen molar-refractivity contribution < 1.29 is 0 Å². The molecule has 0 bridgehead atoms. The van der Waals surface area contributed by atoms with Gasteiger partial charge in [-0.3, -0.25) is 0 Å². The zero-order valence-electron chi connectivity index (χ0n) is 13.8. The number of anilines is 1. The number of hydrogen-bond acceptors (Lipinski definition) is 6. The van der Waals surface area contributed by atoms with Crippen molar-refractivity contribution in [2.24, 2.45) is 0 Å². The molecule has 0 aliphatic heterocycles. The second-order valence-corrected chi connectivity index (χ2v) is 7.27. The van der Waals surface area contributed by atoms with E-state index in [2.05, 4.69) is 68.8 Å². The maximum atomic E-state index is 4.65. The predicted octanol–water partition coefficient (Wildman–Crippen LogP) is 3.53. The van der Waals surface area contributed by atoms with Gasteiger partial charge in [-0.2, -0.15) is 15.3 Å². The van der Waals surface area contributed by atoms with E-state index in [1.54, 1.807) is 11.8 Å². The van der Waals surface area contributed by atoms with Crippen molar-refractivity contribution in [3.8, 4) is 0 Å². The van der Waals surface area contributed by atoms with Gasteiger partial charge >= 0.3 is 0 Å². The van der Waals surface area contributed by atoms with Gasteiger partial charge in [0, 0.05) is 17.7 Å². The first-order valence-corrected chi connectivity index (χ1v) is 9.27. The number of hydrogen-bond donors (Lipinski definition) is 2. The number of H-pyrrole nitrogens is 1. The molecule has 1 aliphatic carbocycles. The number of fused-ring (bicyclic) bond motifs is 1. The predicted molar refractivity (Wildman–Crippen MR) is 96.4 cm³/mol. The van der Waals surface area contributed by atoms with Crippen LogP contribution in [-0.4, -0.2) is 37.2 Å². The Labute approximate surface area is 144 Å². The number of aromatic nitrogens is 5. The van der Waals surface area contributed by atoms with Crippen LogP contribution in [0.25, 0.3) is 11.2 Å². The molecule has 2 unspecified atom stereocenters. The molecule has 24 heavy (non-hydrogen) atoms. The summed E-state index contributed by atoms with van der Waals surface area (Å²) in [6.45, 7) is 4.28. The molecule has 4 rings (SSSR count). The van der Waals surface area contributed by atoms with Crippen molar-refractivity contribution in [1.29, 1.82) is 0 Å².